The average Bonchev–Trinajstić information content (AvgIpc) is 3.39. The highest BCUT2D eigenvalue weighted by atomic mass is 32.2. The van der Waals surface area contributed by atoms with Crippen molar-refractivity contribution in [2.24, 2.45) is 34.0 Å². The van der Waals surface area contributed by atoms with Crippen molar-refractivity contribution in [1.82, 2.24) is 9.80 Å². The van der Waals surface area contributed by atoms with Gasteiger partial charge in [0, 0.05) is 61.6 Å². The third kappa shape index (κ3) is 6.23. The highest BCUT2D eigenvalue weighted by Crippen LogP contribution is 2.68. The number of Topliss-reactive ketones (excluding diaryl/α,β-unsaturated/α-hetero) is 1. The lowest BCUT2D eigenvalue weighted by Gasteiger charge is -2.61. The van der Waals surface area contributed by atoms with Crippen LogP contribution in [-0.2, 0) is 14.3 Å². The zero-order valence-electron chi connectivity index (χ0n) is 29.5. The molecule has 4 aliphatic rings. The molecule has 5 rings (SSSR count). The molecule has 10 nitrogen and oxygen atoms in total. The van der Waals surface area contributed by atoms with E-state index >= 15 is 0 Å². The molecule has 2 bridgehead atoms. The monoisotopic (exact) mass is 672 g/mol. The highest BCUT2D eigenvalue weighted by Gasteiger charge is 2.68. The van der Waals surface area contributed by atoms with Crippen LogP contribution in [0.15, 0.2) is 22.2 Å². The first-order chi connectivity index (χ1) is 22.1. The second-order valence-electron chi connectivity index (χ2n) is 15.8. The number of likely N-dealkylation sites (N-methyl/N-ethyl adjacent to an activating group) is 2. The van der Waals surface area contributed by atoms with E-state index in [2.05, 4.69) is 37.6 Å². The molecule has 1 aromatic carbocycles. The second-order valence-corrected chi connectivity index (χ2v) is 16.8. The van der Waals surface area contributed by atoms with Crippen LogP contribution in [0, 0.1) is 34.0 Å². The molecule has 0 aromatic heterocycles. The van der Waals surface area contributed by atoms with E-state index < -0.39 is 33.9 Å². The summed E-state index contributed by atoms with van der Waals surface area (Å²) >= 11 is 1.47. The third-order valence-electron chi connectivity index (χ3n) is 12.8. The SMILES string of the molecule is C=C[C@]1(C)C[C@@H](OC(=O)CSCC2CN(C)CCN2c2c(NCCN(C)C)c(=O)c2=O)[C@]2(C)[C@H](C)CC[C@]3(CCC(=O)[C@H]32)[C@@H](C)[C@@H]1O. The number of carbonyl (C=O) groups is 2. The second kappa shape index (κ2) is 13.6. The minimum Gasteiger partial charge on any atom is -0.461 e. The maximum absolute atomic E-state index is 13.7. The van der Waals surface area contributed by atoms with Crippen LogP contribution >= 0.6 is 11.8 Å². The fourth-order valence-electron chi connectivity index (χ4n) is 9.64. The topological polar surface area (TPSA) is 119 Å². The lowest BCUT2D eigenvalue weighted by molar-refractivity contribution is -0.205. The predicted molar refractivity (Wildman–Crippen MR) is 189 cm³/mol. The van der Waals surface area contributed by atoms with Crippen LogP contribution in [0.4, 0.5) is 11.4 Å². The zero-order chi connectivity index (χ0) is 34.5. The van der Waals surface area contributed by atoms with Gasteiger partial charge in [0.25, 0.3) is 10.9 Å². The number of ether oxygens (including phenoxy) is 1. The van der Waals surface area contributed by atoms with Crippen LogP contribution in [0.1, 0.15) is 59.8 Å². The van der Waals surface area contributed by atoms with E-state index in [1.165, 1.54) is 11.8 Å². The Bertz CT molecular complexity index is 1430. The van der Waals surface area contributed by atoms with Crippen molar-refractivity contribution in [2.75, 3.05) is 75.6 Å². The van der Waals surface area contributed by atoms with E-state index in [1.807, 2.05) is 43.9 Å². The number of rotatable bonds is 11. The molecule has 9 atom stereocenters. The standard InChI is InChI=1S/C36H56N4O6S/c1-9-34(4)18-26(35(5)22(2)10-12-36(23(3)33(34)45)13-11-25(41)32(35)36)46-27(42)21-47-20-24-19-39(8)16-17-40(24)29-28(30(43)31(29)44)37-14-15-38(6)7/h9,22-24,26,32-33,37,45H,1,10-21H2,2-8H3/t22-,23+,24?,26-,32+,33+,34-,35+,36+/m1/s1. The predicted octanol–water partition coefficient (Wildman–Crippen LogP) is 3.02. The number of esters is 1. The van der Waals surface area contributed by atoms with Crippen molar-refractivity contribution < 1.29 is 19.4 Å². The molecule has 4 fully saturated rings. The highest BCUT2D eigenvalue weighted by molar-refractivity contribution is 7.99. The molecule has 0 amide bonds. The summed E-state index contributed by atoms with van der Waals surface area (Å²) in [4.78, 5) is 58.9. The van der Waals surface area contributed by atoms with Crippen molar-refractivity contribution in [2.45, 2.75) is 78.0 Å². The molecular weight excluding hydrogens is 616 g/mol. The summed E-state index contributed by atoms with van der Waals surface area (Å²) in [7, 11) is 5.96. The Morgan fingerprint density at radius 3 is 2.57 bits per heavy atom. The Hall–Kier alpha value is -2.21. The first-order valence-electron chi connectivity index (χ1n) is 17.4. The van der Waals surface area contributed by atoms with E-state index in [0.29, 0.717) is 49.6 Å². The van der Waals surface area contributed by atoms with Crippen LogP contribution < -0.4 is 21.1 Å². The number of aliphatic hydroxyl groups excluding tert-OH is 1. The first-order valence-corrected chi connectivity index (χ1v) is 18.5. The lowest BCUT2D eigenvalue weighted by Crippen LogP contribution is -2.63. The van der Waals surface area contributed by atoms with Gasteiger partial charge in [0.2, 0.25) is 0 Å². The molecule has 11 heteroatoms. The number of hydrogen-bond donors (Lipinski definition) is 2. The van der Waals surface area contributed by atoms with E-state index in [4.69, 9.17) is 4.74 Å². The zero-order valence-corrected chi connectivity index (χ0v) is 30.3. The van der Waals surface area contributed by atoms with Gasteiger partial charge in [-0.1, -0.05) is 33.8 Å². The number of carbonyl (C=O) groups excluding carboxylic acids is 2. The average molecular weight is 673 g/mol. The Kier molecular flexibility index (Phi) is 10.4. The van der Waals surface area contributed by atoms with Gasteiger partial charge in [-0.25, -0.2) is 0 Å². The fraction of sp³-hybridized carbons (Fsp3) is 0.778. The molecule has 2 N–H and O–H groups in total. The minimum atomic E-state index is -0.700. The van der Waals surface area contributed by atoms with Crippen molar-refractivity contribution in [3.8, 4) is 0 Å². The number of nitrogens with zero attached hydrogens (tertiary/aromatic N) is 3. The summed E-state index contributed by atoms with van der Waals surface area (Å²) in [5, 5.41) is 15.0. The summed E-state index contributed by atoms with van der Waals surface area (Å²) in [5.74, 6) is 0.459. The van der Waals surface area contributed by atoms with E-state index in [9.17, 15) is 24.3 Å². The van der Waals surface area contributed by atoms with Crippen molar-refractivity contribution in [1.29, 1.82) is 0 Å². The van der Waals surface area contributed by atoms with Crippen LogP contribution in [0.2, 0.25) is 0 Å². The maximum Gasteiger partial charge on any atom is 0.316 e. The molecule has 1 heterocycles. The molecule has 3 aliphatic carbocycles. The van der Waals surface area contributed by atoms with Gasteiger partial charge in [0.15, 0.2) is 0 Å². The number of aliphatic hydroxyl groups is 1. The largest absolute Gasteiger partial charge is 0.461 e. The van der Waals surface area contributed by atoms with Gasteiger partial charge in [-0.05, 0) is 64.1 Å². The van der Waals surface area contributed by atoms with Gasteiger partial charge in [0.05, 0.1) is 17.9 Å². The smallest absolute Gasteiger partial charge is 0.316 e. The van der Waals surface area contributed by atoms with E-state index in [0.717, 1.165) is 32.4 Å². The third-order valence-corrected chi connectivity index (χ3v) is 13.9. The molecule has 1 aliphatic heterocycles. The van der Waals surface area contributed by atoms with Gasteiger partial charge in [0.1, 0.15) is 23.3 Å². The van der Waals surface area contributed by atoms with E-state index in [1.54, 1.807) is 0 Å². The molecule has 1 unspecified atom stereocenters. The molecular formula is C36H56N4O6S. The number of hydrogen-bond acceptors (Lipinski definition) is 11. The number of ketones is 1. The number of thioether (sulfide) groups is 1. The number of nitrogens with one attached hydrogen (secondary N) is 1. The summed E-state index contributed by atoms with van der Waals surface area (Å²) in [6, 6.07) is -0.0565. The normalized spacial score (nSPS) is 37.8. The minimum absolute atomic E-state index is 0.0565. The van der Waals surface area contributed by atoms with E-state index in [-0.39, 0.29) is 46.7 Å². The van der Waals surface area contributed by atoms with Gasteiger partial charge in [-0.3, -0.25) is 19.2 Å². The van der Waals surface area contributed by atoms with Crippen molar-refractivity contribution in [3.05, 3.63) is 33.1 Å². The molecule has 3 saturated carbocycles. The summed E-state index contributed by atoms with van der Waals surface area (Å²) in [6.07, 6.45) is 4.09. The van der Waals surface area contributed by atoms with Gasteiger partial charge >= 0.3 is 5.97 Å². The summed E-state index contributed by atoms with van der Waals surface area (Å²) < 4.78 is 6.43. The van der Waals surface area contributed by atoms with Crippen LogP contribution in [-0.4, -0.2) is 110 Å². The molecule has 0 spiro atoms. The van der Waals surface area contributed by atoms with Gasteiger partial charge in [-0.2, -0.15) is 0 Å². The van der Waals surface area contributed by atoms with Crippen LogP contribution in [0.3, 0.4) is 0 Å². The Morgan fingerprint density at radius 1 is 1.17 bits per heavy atom. The molecule has 1 aromatic rings. The van der Waals surface area contributed by atoms with Gasteiger partial charge in [-0.15, -0.1) is 18.3 Å². The van der Waals surface area contributed by atoms with Crippen molar-refractivity contribution in [3.63, 3.8) is 0 Å². The molecule has 0 radical (unpaired) electrons. The first kappa shape index (κ1) is 36.1. The maximum atomic E-state index is 13.7. The quantitative estimate of drug-likeness (QED) is 0.205. The fourth-order valence-corrected chi connectivity index (χ4v) is 10.6. The summed E-state index contributed by atoms with van der Waals surface area (Å²) in [5.41, 5.74) is -1.59. The van der Waals surface area contributed by atoms with Crippen molar-refractivity contribution >= 4 is 34.9 Å². The Balaban J connectivity index is 1.31. The molecule has 262 valence electrons. The molecule has 1 saturated heterocycles. The summed E-state index contributed by atoms with van der Waals surface area (Å²) in [6.45, 7) is 16.0. The van der Waals surface area contributed by atoms with Crippen LogP contribution in [0.25, 0.3) is 0 Å². The van der Waals surface area contributed by atoms with Gasteiger partial charge < -0.3 is 29.9 Å². The lowest BCUT2D eigenvalue weighted by atomic mass is 9.44. The number of anilines is 2. The molecule has 47 heavy (non-hydrogen) atoms. The number of piperazine rings is 1. The Labute approximate surface area is 284 Å². The van der Waals surface area contributed by atoms with Crippen LogP contribution in [0.5, 0.6) is 0 Å². The Morgan fingerprint density at radius 2 is 1.89 bits per heavy atom.